The molecule has 5 N–H and O–H groups in total. The monoisotopic (exact) mass is 822 g/mol. The average Bonchev–Trinajstić information content (AvgIpc) is 3.21. The van der Waals surface area contributed by atoms with Crippen LogP contribution in [0.5, 0.6) is 5.75 Å². The maximum atomic E-state index is 12.8. The van der Waals surface area contributed by atoms with Gasteiger partial charge in [-0.05, 0) is 41.7 Å². The molecule has 1 saturated heterocycles. The van der Waals surface area contributed by atoms with E-state index in [2.05, 4.69) is 10.6 Å². The minimum absolute atomic E-state index is 0.0966. The van der Waals surface area contributed by atoms with E-state index in [0.29, 0.717) is 70.7 Å². The molecule has 17 nitrogen and oxygen atoms in total. The molecule has 2 aromatic rings. The van der Waals surface area contributed by atoms with Crippen LogP contribution in [0.3, 0.4) is 0 Å². The third-order valence-electron chi connectivity index (χ3n) is 8.64. The zero-order chi connectivity index (χ0) is 42.2. The van der Waals surface area contributed by atoms with Gasteiger partial charge in [0.05, 0.1) is 84.3 Å². The molecule has 58 heavy (non-hydrogen) atoms. The van der Waals surface area contributed by atoms with Crippen molar-refractivity contribution in [3.63, 3.8) is 0 Å². The van der Waals surface area contributed by atoms with Gasteiger partial charge in [0.2, 0.25) is 5.91 Å². The molecular weight excluding hydrogens is 760 g/mol. The molecule has 17 heteroatoms. The van der Waals surface area contributed by atoms with Gasteiger partial charge in [-0.15, -0.1) is 0 Å². The highest BCUT2D eigenvalue weighted by atomic mass is 16.7. The number of benzene rings is 2. The molecule has 1 heterocycles. The van der Waals surface area contributed by atoms with E-state index in [4.69, 9.17) is 42.6 Å². The molecule has 0 aliphatic carbocycles. The van der Waals surface area contributed by atoms with Gasteiger partial charge in [-0.1, -0.05) is 51.1 Å². The maximum absolute atomic E-state index is 12.8. The second kappa shape index (κ2) is 27.1. The van der Waals surface area contributed by atoms with Gasteiger partial charge in [-0.25, -0.2) is 4.79 Å². The second-order valence-corrected chi connectivity index (χ2v) is 14.4. The van der Waals surface area contributed by atoms with Gasteiger partial charge in [0.25, 0.3) is 5.91 Å². The Labute approximate surface area is 340 Å². The zero-order valence-electron chi connectivity index (χ0n) is 34.1. The van der Waals surface area contributed by atoms with Crippen molar-refractivity contribution in [2.75, 3.05) is 92.4 Å². The minimum Gasteiger partial charge on any atom is -0.484 e. The molecule has 1 aliphatic heterocycles. The van der Waals surface area contributed by atoms with E-state index in [-0.39, 0.29) is 63.3 Å². The molecule has 326 valence electrons. The van der Waals surface area contributed by atoms with Crippen molar-refractivity contribution in [2.45, 2.75) is 76.8 Å². The van der Waals surface area contributed by atoms with Crippen molar-refractivity contribution < 1.29 is 72.3 Å². The predicted octanol–water partition coefficient (Wildman–Crippen LogP) is 1.27. The maximum Gasteiger partial charge on any atom is 0.338 e. The summed E-state index contributed by atoms with van der Waals surface area (Å²) in [5.41, 5.74) is 1.85. The summed E-state index contributed by atoms with van der Waals surface area (Å²) >= 11 is 0. The number of aliphatic hydroxyl groups excluding tert-OH is 3. The molecule has 1 aliphatic rings. The molecule has 0 saturated carbocycles. The molecule has 1 fully saturated rings. The van der Waals surface area contributed by atoms with E-state index in [1.807, 2.05) is 57.2 Å². The van der Waals surface area contributed by atoms with Crippen LogP contribution in [0.25, 0.3) is 0 Å². The lowest BCUT2D eigenvalue weighted by atomic mass is 9.86. The molecule has 0 spiro atoms. The molecule has 0 unspecified atom stereocenters. The summed E-state index contributed by atoms with van der Waals surface area (Å²) < 4.78 is 49.2. The summed E-state index contributed by atoms with van der Waals surface area (Å²) in [5, 5.41) is 34.9. The third kappa shape index (κ3) is 19.3. The first-order valence-corrected chi connectivity index (χ1v) is 19.6. The van der Waals surface area contributed by atoms with E-state index in [1.165, 1.54) is 0 Å². The Hall–Kier alpha value is -3.75. The molecule has 0 aromatic heterocycles. The first kappa shape index (κ1) is 48.6. The number of rotatable bonds is 28. The van der Waals surface area contributed by atoms with Gasteiger partial charge in [-0.2, -0.15) is 0 Å². The first-order chi connectivity index (χ1) is 27.8. The second-order valence-electron chi connectivity index (χ2n) is 14.4. The summed E-state index contributed by atoms with van der Waals surface area (Å²) in [6.45, 7) is 11.4. The van der Waals surface area contributed by atoms with E-state index >= 15 is 0 Å². The number of hydrogen-bond donors (Lipinski definition) is 5. The van der Waals surface area contributed by atoms with Crippen LogP contribution in [0, 0.1) is 0 Å². The highest BCUT2D eigenvalue weighted by Crippen LogP contribution is 2.28. The molecule has 2 aromatic carbocycles. The Bertz CT molecular complexity index is 1480. The van der Waals surface area contributed by atoms with Crippen molar-refractivity contribution >= 4 is 17.8 Å². The summed E-state index contributed by atoms with van der Waals surface area (Å²) in [5.74, 6) is -0.580. The number of carbonyl (C=O) groups excluding carboxylic acids is 3. The van der Waals surface area contributed by atoms with Crippen molar-refractivity contribution in [1.82, 2.24) is 10.6 Å². The fraction of sp³-hybridized carbons (Fsp3) is 0.634. The molecule has 3 rings (SSSR count). The standard InChI is InChI=1S/C41H62N2O15/c1-29-36(46)37(47)38(48)40(58-29)55-23-22-52-14-11-42-34(44)10-13-50-16-18-53-20-21-54-19-17-51-15-12-43-35(45)28-56-33-25-31(24-32(26-33)41(2,3)4)39(49)57-27-30-8-6-5-7-9-30/h5-9,24-26,29,36-38,40,46-48H,10-23,27-28H2,1-4H3,(H,42,44)(H,43,45)/t29-,36-,37+,38+,40+/m0/s1. The van der Waals surface area contributed by atoms with Gasteiger partial charge in [0.1, 0.15) is 30.7 Å². The lowest BCUT2D eigenvalue weighted by Gasteiger charge is -2.38. The van der Waals surface area contributed by atoms with Crippen LogP contribution in [0.1, 0.15) is 55.6 Å². The Morgan fingerprint density at radius 2 is 1.26 bits per heavy atom. The first-order valence-electron chi connectivity index (χ1n) is 19.6. The van der Waals surface area contributed by atoms with Crippen molar-refractivity contribution in [3.05, 3.63) is 65.2 Å². The van der Waals surface area contributed by atoms with Crippen LogP contribution in [-0.4, -0.2) is 156 Å². The molecule has 5 atom stereocenters. The number of hydrogen-bond acceptors (Lipinski definition) is 15. The number of carbonyl (C=O) groups is 3. The van der Waals surface area contributed by atoms with Crippen LogP contribution >= 0.6 is 0 Å². The number of nitrogens with one attached hydrogen (secondary N) is 2. The minimum atomic E-state index is -1.37. The Morgan fingerprint density at radius 3 is 1.88 bits per heavy atom. The van der Waals surface area contributed by atoms with Crippen LogP contribution in [0.2, 0.25) is 0 Å². The van der Waals surface area contributed by atoms with Gasteiger partial charge >= 0.3 is 5.97 Å². The molecule has 0 bridgehead atoms. The summed E-state index contributed by atoms with van der Waals surface area (Å²) in [4.78, 5) is 37.2. The van der Waals surface area contributed by atoms with Gasteiger partial charge in [0, 0.05) is 19.5 Å². The highest BCUT2D eigenvalue weighted by molar-refractivity contribution is 5.90. The fourth-order valence-electron chi connectivity index (χ4n) is 5.26. The lowest BCUT2D eigenvalue weighted by molar-refractivity contribution is -0.294. The van der Waals surface area contributed by atoms with E-state index in [1.54, 1.807) is 19.1 Å². The van der Waals surface area contributed by atoms with Crippen molar-refractivity contribution in [2.24, 2.45) is 0 Å². The van der Waals surface area contributed by atoms with Crippen LogP contribution in [-0.2, 0) is 59.5 Å². The van der Waals surface area contributed by atoms with Gasteiger partial charge in [0.15, 0.2) is 12.9 Å². The fourth-order valence-corrected chi connectivity index (χ4v) is 5.26. The number of aliphatic hydroxyl groups is 3. The quantitative estimate of drug-likeness (QED) is 0.0603. The molecule has 2 amide bonds. The highest BCUT2D eigenvalue weighted by Gasteiger charge is 2.42. The Balaban J connectivity index is 1.10. The number of ether oxygens (including phenoxy) is 9. The van der Waals surface area contributed by atoms with E-state index in [0.717, 1.165) is 11.1 Å². The van der Waals surface area contributed by atoms with Crippen LogP contribution in [0.15, 0.2) is 48.5 Å². The van der Waals surface area contributed by atoms with E-state index in [9.17, 15) is 29.7 Å². The van der Waals surface area contributed by atoms with Crippen molar-refractivity contribution in [1.29, 1.82) is 0 Å². The van der Waals surface area contributed by atoms with Crippen molar-refractivity contribution in [3.8, 4) is 5.75 Å². The topological polar surface area (TPSA) is 219 Å². The normalized spacial score (nSPS) is 19.4. The average molecular weight is 823 g/mol. The predicted molar refractivity (Wildman–Crippen MR) is 209 cm³/mol. The van der Waals surface area contributed by atoms with Crippen LogP contribution in [0.4, 0.5) is 0 Å². The van der Waals surface area contributed by atoms with Crippen LogP contribution < -0.4 is 15.4 Å². The molecular formula is C41H62N2O15. The number of amides is 2. The lowest BCUT2D eigenvalue weighted by Crippen LogP contribution is -2.57. The Morgan fingerprint density at radius 1 is 0.690 bits per heavy atom. The zero-order valence-corrected chi connectivity index (χ0v) is 34.1. The van der Waals surface area contributed by atoms with Gasteiger partial charge in [-0.3, -0.25) is 9.59 Å². The largest absolute Gasteiger partial charge is 0.484 e. The smallest absolute Gasteiger partial charge is 0.338 e. The SMILES string of the molecule is C[C@@H]1O[C@@H](OCCOCCNC(=O)CCOCCOCCOCCOCCNC(=O)COc2cc(C(=O)OCc3ccccc3)cc(C(C)(C)C)c2)[C@H](O)[C@H](O)[C@H]1O. The summed E-state index contributed by atoms with van der Waals surface area (Å²) in [6, 6.07) is 14.6. The Kier molecular flexibility index (Phi) is 22.7. The van der Waals surface area contributed by atoms with E-state index < -0.39 is 36.7 Å². The number of esters is 1. The third-order valence-corrected chi connectivity index (χ3v) is 8.64. The summed E-state index contributed by atoms with van der Waals surface area (Å²) in [6.07, 6.45) is -5.47. The summed E-state index contributed by atoms with van der Waals surface area (Å²) in [7, 11) is 0. The molecule has 0 radical (unpaired) electrons. The van der Waals surface area contributed by atoms with Gasteiger partial charge < -0.3 is 68.6 Å².